The Hall–Kier alpha value is -3.22. The Morgan fingerprint density at radius 2 is 1.71 bits per heavy atom. The quantitative estimate of drug-likeness (QED) is 0.264. The van der Waals surface area contributed by atoms with Crippen molar-refractivity contribution in [2.45, 2.75) is 22.3 Å². The third-order valence-corrected chi connectivity index (χ3v) is 8.30. The van der Waals surface area contributed by atoms with E-state index in [0.29, 0.717) is 6.42 Å². The van der Waals surface area contributed by atoms with Crippen LogP contribution in [-0.4, -0.2) is 12.9 Å². The topological polar surface area (TPSA) is 34.1 Å². The van der Waals surface area contributed by atoms with E-state index in [2.05, 4.69) is 93.6 Å². The summed E-state index contributed by atoms with van der Waals surface area (Å²) in [5, 5.41) is 4.87. The van der Waals surface area contributed by atoms with Crippen LogP contribution < -0.4 is 9.64 Å². The van der Waals surface area contributed by atoms with E-state index in [9.17, 15) is 0 Å². The molecule has 2 heterocycles. The van der Waals surface area contributed by atoms with Gasteiger partial charge in [-0.25, -0.2) is 0 Å². The molecule has 4 nitrogen and oxygen atoms in total. The van der Waals surface area contributed by atoms with E-state index in [1.54, 1.807) is 7.11 Å². The number of para-hydroxylation sites is 1. The van der Waals surface area contributed by atoms with Crippen molar-refractivity contribution in [2.75, 3.05) is 12.0 Å². The number of oxime groups is 1. The highest BCUT2D eigenvalue weighted by atomic mass is 79.9. The zero-order valence-electron chi connectivity index (χ0n) is 19.1. The maximum absolute atomic E-state index is 6.53. The Morgan fingerprint density at radius 3 is 2.49 bits per heavy atom. The van der Waals surface area contributed by atoms with Gasteiger partial charge in [-0.05, 0) is 42.0 Å². The Kier molecular flexibility index (Phi) is 5.78. The number of benzene rings is 4. The number of rotatable bonds is 4. The summed E-state index contributed by atoms with van der Waals surface area (Å²) in [6, 6.07) is 35.5. The summed E-state index contributed by atoms with van der Waals surface area (Å²) in [5.41, 5.74) is 3.60. The van der Waals surface area contributed by atoms with Gasteiger partial charge in [0.15, 0.2) is 5.84 Å². The van der Waals surface area contributed by atoms with Gasteiger partial charge in [-0.1, -0.05) is 87.8 Å². The van der Waals surface area contributed by atoms with Gasteiger partial charge in [0.25, 0.3) is 0 Å². The number of hydrogen-bond donors (Lipinski definition) is 0. The number of thioether (sulfide) groups is 1. The van der Waals surface area contributed by atoms with Gasteiger partial charge in [-0.2, -0.15) is 0 Å². The average Bonchev–Trinajstić information content (AvgIpc) is 3.22. The van der Waals surface area contributed by atoms with Crippen LogP contribution in [0.2, 0.25) is 0 Å². The van der Waals surface area contributed by atoms with Gasteiger partial charge in [0.2, 0.25) is 5.72 Å². The molecule has 2 atom stereocenters. The Labute approximate surface area is 217 Å². The Bertz CT molecular complexity index is 1390. The first-order valence-electron chi connectivity index (χ1n) is 11.5. The molecule has 0 aromatic heterocycles. The van der Waals surface area contributed by atoms with Gasteiger partial charge in [0, 0.05) is 32.2 Å². The zero-order valence-corrected chi connectivity index (χ0v) is 21.5. The maximum atomic E-state index is 6.53. The molecule has 6 heteroatoms. The summed E-state index contributed by atoms with van der Waals surface area (Å²) in [6.45, 7) is 0. The number of amidine groups is 1. The molecule has 2 aliphatic rings. The van der Waals surface area contributed by atoms with E-state index >= 15 is 0 Å². The minimum atomic E-state index is -0.789. The molecule has 4 aromatic rings. The number of nitrogens with zero attached hydrogens (tertiary/aromatic N) is 2. The van der Waals surface area contributed by atoms with E-state index in [0.717, 1.165) is 32.9 Å². The summed E-state index contributed by atoms with van der Waals surface area (Å²) in [4.78, 5) is 10.0. The second kappa shape index (κ2) is 9.10. The highest BCUT2D eigenvalue weighted by Gasteiger charge is 2.52. The van der Waals surface area contributed by atoms with E-state index in [4.69, 9.17) is 14.7 Å². The summed E-state index contributed by atoms with van der Waals surface area (Å²) >= 11 is 5.49. The van der Waals surface area contributed by atoms with E-state index < -0.39 is 5.72 Å². The van der Waals surface area contributed by atoms with E-state index in [1.165, 1.54) is 10.5 Å². The molecule has 0 N–H and O–H groups in total. The molecule has 0 bridgehead atoms. The second-order valence-electron chi connectivity index (χ2n) is 8.55. The number of methoxy groups -OCH3 is 1. The lowest BCUT2D eigenvalue weighted by Crippen LogP contribution is -2.47. The average molecular weight is 543 g/mol. The van der Waals surface area contributed by atoms with Crippen LogP contribution in [0.15, 0.2) is 118 Å². The number of fused-ring (bicyclic) bond motifs is 3. The molecule has 0 saturated heterocycles. The third-order valence-electron chi connectivity index (χ3n) is 6.49. The van der Waals surface area contributed by atoms with Gasteiger partial charge in [-0.3, -0.25) is 4.90 Å². The standard InChI is InChI=1S/C29H23BrN2O2S/c1-33-24-16-14-20(15-17-24)27-19-29(22-9-3-2-4-10-22)32(25-12-5-6-13-26(25)35-27)28(31-34-29)21-8-7-11-23(30)18-21/h2-18,27H,19H2,1H3/t27-,29-/m1/s1. The molecule has 0 fully saturated rings. The normalized spacial score (nSPS) is 20.8. The lowest BCUT2D eigenvalue weighted by molar-refractivity contribution is -0.0283. The van der Waals surface area contributed by atoms with Crippen LogP contribution in [0, 0.1) is 0 Å². The van der Waals surface area contributed by atoms with Crippen molar-refractivity contribution in [3.05, 3.63) is 124 Å². The van der Waals surface area contributed by atoms with Crippen molar-refractivity contribution >= 4 is 39.2 Å². The van der Waals surface area contributed by atoms with Crippen molar-refractivity contribution in [3.63, 3.8) is 0 Å². The maximum Gasteiger partial charge on any atom is 0.242 e. The zero-order chi connectivity index (χ0) is 23.8. The minimum absolute atomic E-state index is 0.143. The van der Waals surface area contributed by atoms with Gasteiger partial charge in [0.1, 0.15) is 5.75 Å². The van der Waals surface area contributed by atoms with Crippen LogP contribution in [0.5, 0.6) is 5.75 Å². The molecule has 0 amide bonds. The monoisotopic (exact) mass is 542 g/mol. The lowest BCUT2D eigenvalue weighted by atomic mass is 9.92. The molecule has 0 spiro atoms. The molecule has 0 aliphatic carbocycles. The first-order chi connectivity index (χ1) is 17.2. The molecule has 4 aromatic carbocycles. The minimum Gasteiger partial charge on any atom is -0.497 e. The molecule has 174 valence electrons. The van der Waals surface area contributed by atoms with Crippen molar-refractivity contribution in [1.29, 1.82) is 0 Å². The van der Waals surface area contributed by atoms with Gasteiger partial charge in [-0.15, -0.1) is 11.8 Å². The summed E-state index contributed by atoms with van der Waals surface area (Å²) in [6.07, 6.45) is 0.712. The smallest absolute Gasteiger partial charge is 0.242 e. The second-order valence-corrected chi connectivity index (χ2v) is 10.7. The van der Waals surface area contributed by atoms with Crippen molar-refractivity contribution < 1.29 is 9.57 Å². The fourth-order valence-electron chi connectivity index (χ4n) is 4.81. The van der Waals surface area contributed by atoms with Crippen LogP contribution in [0.3, 0.4) is 0 Å². The molecular formula is C29H23BrN2O2S. The number of hydrogen-bond acceptors (Lipinski definition) is 5. The highest BCUT2D eigenvalue weighted by molar-refractivity contribution is 9.10. The molecular weight excluding hydrogens is 520 g/mol. The largest absolute Gasteiger partial charge is 0.497 e. The predicted molar refractivity (Wildman–Crippen MR) is 145 cm³/mol. The third kappa shape index (κ3) is 3.91. The van der Waals surface area contributed by atoms with Gasteiger partial charge in [0.05, 0.1) is 12.8 Å². The fourth-order valence-corrected chi connectivity index (χ4v) is 6.55. The highest BCUT2D eigenvalue weighted by Crippen LogP contribution is 2.56. The molecule has 0 saturated carbocycles. The van der Waals surface area contributed by atoms with Crippen molar-refractivity contribution in [1.82, 2.24) is 0 Å². The summed E-state index contributed by atoms with van der Waals surface area (Å²) in [5.74, 6) is 1.66. The molecule has 2 aliphatic heterocycles. The summed E-state index contributed by atoms with van der Waals surface area (Å²) < 4.78 is 6.41. The number of ether oxygens (including phenoxy) is 1. The predicted octanol–water partition coefficient (Wildman–Crippen LogP) is 7.75. The Morgan fingerprint density at radius 1 is 0.943 bits per heavy atom. The molecule has 0 radical (unpaired) electrons. The van der Waals surface area contributed by atoms with Gasteiger partial charge < -0.3 is 9.57 Å². The fraction of sp³-hybridized carbons (Fsp3) is 0.138. The lowest BCUT2D eigenvalue weighted by Gasteiger charge is -2.37. The van der Waals surface area contributed by atoms with Crippen molar-refractivity contribution in [3.8, 4) is 5.75 Å². The number of anilines is 1. The number of halogens is 1. The first-order valence-corrected chi connectivity index (χ1v) is 13.1. The molecule has 6 rings (SSSR count). The van der Waals surface area contributed by atoms with Crippen LogP contribution in [0.1, 0.15) is 28.4 Å². The van der Waals surface area contributed by atoms with E-state index in [-0.39, 0.29) is 5.25 Å². The van der Waals surface area contributed by atoms with Crippen LogP contribution in [0.4, 0.5) is 5.69 Å². The molecule has 35 heavy (non-hydrogen) atoms. The van der Waals surface area contributed by atoms with E-state index in [1.807, 2.05) is 42.1 Å². The van der Waals surface area contributed by atoms with Crippen LogP contribution in [-0.2, 0) is 10.6 Å². The van der Waals surface area contributed by atoms with Gasteiger partial charge >= 0.3 is 0 Å². The molecule has 0 unspecified atom stereocenters. The summed E-state index contributed by atoms with van der Waals surface area (Å²) in [7, 11) is 1.70. The SMILES string of the molecule is COc1ccc([C@H]2C[C@]3(c4ccccc4)ON=C(c4cccc(Br)c4)N3c3ccccc3S2)cc1. The van der Waals surface area contributed by atoms with Crippen LogP contribution >= 0.6 is 27.7 Å². The first kappa shape index (κ1) is 22.3. The van der Waals surface area contributed by atoms with Crippen LogP contribution in [0.25, 0.3) is 0 Å². The Balaban J connectivity index is 1.55. The van der Waals surface area contributed by atoms with Crippen molar-refractivity contribution in [2.24, 2.45) is 5.16 Å².